The quantitative estimate of drug-likeness (QED) is 0.369. The molecule has 4 rings (SSSR count). The topological polar surface area (TPSA) is 63.2 Å². The zero-order valence-corrected chi connectivity index (χ0v) is 19.4. The van der Waals surface area contributed by atoms with Crippen LogP contribution in [0, 0.1) is 0 Å². The van der Waals surface area contributed by atoms with Gasteiger partial charge in [0, 0.05) is 15.4 Å². The average molecular weight is 462 g/mol. The van der Waals surface area contributed by atoms with Gasteiger partial charge < -0.3 is 0 Å². The molecule has 0 aliphatic rings. The minimum absolute atomic E-state index is 0.0570. The number of nitrogens with one attached hydrogen (secondary N) is 1. The molecule has 0 unspecified atom stereocenters. The summed E-state index contributed by atoms with van der Waals surface area (Å²) in [6.45, 7) is 4.32. The summed E-state index contributed by atoms with van der Waals surface area (Å²) < 4.78 is 27.6. The molecule has 162 valence electrons. The van der Waals surface area contributed by atoms with Crippen molar-refractivity contribution in [3.63, 3.8) is 0 Å². The lowest BCUT2D eigenvalue weighted by molar-refractivity contribution is 0.0981. The van der Waals surface area contributed by atoms with Crippen LogP contribution in [0.2, 0.25) is 0 Å². The molecule has 0 bridgehead atoms. The first-order valence-electron chi connectivity index (χ1n) is 10.3. The van der Waals surface area contributed by atoms with Crippen molar-refractivity contribution in [3.8, 4) is 0 Å². The number of carbonyl (C=O) groups excluding carboxylic acids is 1. The van der Waals surface area contributed by atoms with E-state index in [0.717, 1.165) is 20.6 Å². The van der Waals surface area contributed by atoms with Gasteiger partial charge in [-0.25, -0.2) is 13.1 Å². The molecule has 4 aromatic rings. The van der Waals surface area contributed by atoms with E-state index in [1.165, 1.54) is 11.6 Å². The van der Waals surface area contributed by atoms with E-state index in [-0.39, 0.29) is 10.5 Å². The fraction of sp³-hybridized carbons (Fsp3) is 0.115. The summed E-state index contributed by atoms with van der Waals surface area (Å²) in [7, 11) is -3.97. The summed E-state index contributed by atoms with van der Waals surface area (Å²) in [4.78, 5) is 14.7. The molecule has 1 N–H and O–H groups in total. The third kappa shape index (κ3) is 5.03. The maximum atomic E-state index is 12.7. The largest absolute Gasteiger partial charge is 0.268 e. The summed E-state index contributed by atoms with van der Waals surface area (Å²) >= 11 is 1.59. The highest BCUT2D eigenvalue weighted by atomic mass is 32.2. The predicted molar refractivity (Wildman–Crippen MR) is 130 cm³/mol. The molecule has 0 saturated heterocycles. The number of carbonyl (C=O) groups is 1. The Hall–Kier alpha value is -3.09. The number of benzene rings is 4. The van der Waals surface area contributed by atoms with Crippen LogP contribution in [0.15, 0.2) is 106 Å². The second-order valence-corrected chi connectivity index (χ2v) is 10.6. The monoisotopic (exact) mass is 461 g/mol. The maximum absolute atomic E-state index is 12.7. The maximum Gasteiger partial charge on any atom is 0.264 e. The Morgan fingerprint density at radius 3 is 2.00 bits per heavy atom. The standard InChI is InChI=1S/C26H23NO3S2/c1-18(2)19-7-12-23(13-8-19)31-24-14-9-21(10-15-24)26(28)27-32(29,30)25-16-11-20-5-3-4-6-22(20)17-25/h3-18H,1-2H3,(H,27,28). The molecule has 0 fully saturated rings. The van der Waals surface area contributed by atoms with Crippen molar-refractivity contribution in [3.05, 3.63) is 102 Å². The van der Waals surface area contributed by atoms with E-state index in [9.17, 15) is 13.2 Å². The molecule has 0 aromatic heterocycles. The molecule has 0 aliphatic heterocycles. The minimum atomic E-state index is -3.97. The number of sulfonamides is 1. The second kappa shape index (κ2) is 9.18. The van der Waals surface area contributed by atoms with Crippen LogP contribution < -0.4 is 4.72 Å². The van der Waals surface area contributed by atoms with Gasteiger partial charge in [0.05, 0.1) is 4.90 Å². The molecule has 4 nitrogen and oxygen atoms in total. The summed E-state index contributed by atoms with van der Waals surface area (Å²) in [5.74, 6) is -0.172. The Kier molecular flexibility index (Phi) is 6.35. The van der Waals surface area contributed by atoms with Gasteiger partial charge in [-0.2, -0.15) is 0 Å². The van der Waals surface area contributed by atoms with Gasteiger partial charge in [-0.1, -0.05) is 68.1 Å². The van der Waals surface area contributed by atoms with Crippen molar-refractivity contribution in [2.75, 3.05) is 0 Å². The van der Waals surface area contributed by atoms with Crippen LogP contribution in [0.4, 0.5) is 0 Å². The predicted octanol–water partition coefficient (Wildman–Crippen LogP) is 6.23. The van der Waals surface area contributed by atoms with E-state index in [2.05, 4.69) is 42.8 Å². The molecule has 0 heterocycles. The molecule has 4 aromatic carbocycles. The zero-order chi connectivity index (χ0) is 22.7. The molecule has 32 heavy (non-hydrogen) atoms. The van der Waals surface area contributed by atoms with Crippen LogP contribution in [-0.2, 0) is 10.0 Å². The van der Waals surface area contributed by atoms with Crippen molar-refractivity contribution in [1.29, 1.82) is 0 Å². The van der Waals surface area contributed by atoms with Gasteiger partial charge in [0.2, 0.25) is 0 Å². The molecular weight excluding hydrogens is 438 g/mol. The summed E-state index contributed by atoms with van der Waals surface area (Å²) in [5, 5.41) is 1.73. The number of fused-ring (bicyclic) bond motifs is 1. The average Bonchev–Trinajstić information content (AvgIpc) is 2.79. The smallest absolute Gasteiger partial charge is 0.264 e. The Balaban J connectivity index is 1.45. The van der Waals surface area contributed by atoms with Crippen LogP contribution >= 0.6 is 11.8 Å². The van der Waals surface area contributed by atoms with Gasteiger partial charge in [-0.3, -0.25) is 4.79 Å². The highest BCUT2D eigenvalue weighted by Gasteiger charge is 2.19. The first-order valence-corrected chi connectivity index (χ1v) is 12.6. The lowest BCUT2D eigenvalue weighted by Gasteiger charge is -2.09. The van der Waals surface area contributed by atoms with Crippen molar-refractivity contribution < 1.29 is 13.2 Å². The number of hydrogen-bond donors (Lipinski definition) is 1. The first kappa shape index (κ1) is 22.1. The van der Waals surface area contributed by atoms with Gasteiger partial charge in [0.15, 0.2) is 0 Å². The van der Waals surface area contributed by atoms with E-state index in [1.54, 1.807) is 36.0 Å². The molecule has 0 radical (unpaired) electrons. The molecule has 0 saturated carbocycles. The normalized spacial score (nSPS) is 11.6. The fourth-order valence-corrected chi connectivity index (χ4v) is 5.13. The molecule has 1 amide bonds. The Morgan fingerprint density at radius 2 is 1.38 bits per heavy atom. The van der Waals surface area contributed by atoms with E-state index in [4.69, 9.17) is 0 Å². The van der Waals surface area contributed by atoms with E-state index < -0.39 is 15.9 Å². The van der Waals surface area contributed by atoms with Crippen LogP contribution in [0.3, 0.4) is 0 Å². The molecule has 0 aliphatic carbocycles. The van der Waals surface area contributed by atoms with Crippen molar-refractivity contribution in [2.45, 2.75) is 34.5 Å². The number of amides is 1. The number of hydrogen-bond acceptors (Lipinski definition) is 4. The van der Waals surface area contributed by atoms with Gasteiger partial charge in [0.1, 0.15) is 0 Å². The van der Waals surface area contributed by atoms with Crippen molar-refractivity contribution in [2.24, 2.45) is 0 Å². The van der Waals surface area contributed by atoms with E-state index in [1.807, 2.05) is 36.4 Å². The van der Waals surface area contributed by atoms with Crippen LogP contribution in [-0.4, -0.2) is 14.3 Å². The zero-order valence-electron chi connectivity index (χ0n) is 17.8. The Bertz CT molecular complexity index is 1360. The highest BCUT2D eigenvalue weighted by Crippen LogP contribution is 2.29. The third-order valence-electron chi connectivity index (χ3n) is 5.16. The lowest BCUT2D eigenvalue weighted by Crippen LogP contribution is -2.30. The van der Waals surface area contributed by atoms with Gasteiger partial charge >= 0.3 is 0 Å². The van der Waals surface area contributed by atoms with Crippen molar-refractivity contribution >= 4 is 38.5 Å². The van der Waals surface area contributed by atoms with Gasteiger partial charge in [-0.15, -0.1) is 0 Å². The molecule has 0 spiro atoms. The third-order valence-corrected chi connectivity index (χ3v) is 7.50. The molecule has 0 atom stereocenters. The fourth-order valence-electron chi connectivity index (χ4n) is 3.31. The number of rotatable bonds is 6. The molecular formula is C26H23NO3S2. The Morgan fingerprint density at radius 1 is 0.781 bits per heavy atom. The summed E-state index contributed by atoms with van der Waals surface area (Å²) in [5.41, 5.74) is 1.57. The summed E-state index contributed by atoms with van der Waals surface area (Å²) in [6, 6.07) is 27.6. The van der Waals surface area contributed by atoms with Crippen LogP contribution in [0.1, 0.15) is 35.7 Å². The second-order valence-electron chi connectivity index (χ2n) is 7.79. The summed E-state index contributed by atoms with van der Waals surface area (Å²) in [6.07, 6.45) is 0. The SMILES string of the molecule is CC(C)c1ccc(Sc2ccc(C(=O)NS(=O)(=O)c3ccc4ccccc4c3)cc2)cc1. The lowest BCUT2D eigenvalue weighted by atomic mass is 10.0. The first-order chi connectivity index (χ1) is 15.3. The van der Waals surface area contributed by atoms with E-state index >= 15 is 0 Å². The van der Waals surface area contributed by atoms with Gasteiger partial charge in [0.25, 0.3) is 15.9 Å². The van der Waals surface area contributed by atoms with Crippen LogP contribution in [0.25, 0.3) is 10.8 Å². The highest BCUT2D eigenvalue weighted by molar-refractivity contribution is 7.99. The molecule has 6 heteroatoms. The van der Waals surface area contributed by atoms with Crippen LogP contribution in [0.5, 0.6) is 0 Å². The Labute approximate surface area is 192 Å². The minimum Gasteiger partial charge on any atom is -0.268 e. The van der Waals surface area contributed by atoms with Gasteiger partial charge in [-0.05, 0) is 70.8 Å². The van der Waals surface area contributed by atoms with E-state index in [0.29, 0.717) is 5.92 Å². The van der Waals surface area contributed by atoms with Crippen molar-refractivity contribution in [1.82, 2.24) is 4.72 Å².